The van der Waals surface area contributed by atoms with Gasteiger partial charge in [-0.1, -0.05) is 74.4 Å². The van der Waals surface area contributed by atoms with Crippen molar-refractivity contribution in [2.24, 2.45) is 11.7 Å². The summed E-state index contributed by atoms with van der Waals surface area (Å²) in [6.07, 6.45) is 5.25. The van der Waals surface area contributed by atoms with Crippen molar-refractivity contribution in [3.63, 3.8) is 0 Å². The summed E-state index contributed by atoms with van der Waals surface area (Å²) in [6.45, 7) is 5.75. The molecule has 28 heavy (non-hydrogen) atoms. The maximum atomic E-state index is 12.7. The van der Waals surface area contributed by atoms with Crippen molar-refractivity contribution < 1.29 is 4.79 Å². The molecule has 0 radical (unpaired) electrons. The lowest BCUT2D eigenvalue weighted by atomic mass is 9.94. The lowest BCUT2D eigenvalue weighted by Crippen LogP contribution is -2.35. The van der Waals surface area contributed by atoms with E-state index in [2.05, 4.69) is 28.4 Å². The van der Waals surface area contributed by atoms with Crippen LogP contribution in [0.5, 0.6) is 0 Å². The average Bonchev–Trinajstić information content (AvgIpc) is 3.01. The molecule has 1 heterocycles. The molecule has 2 atom stereocenters. The maximum Gasteiger partial charge on any atom is 0.225 e. The van der Waals surface area contributed by atoms with Crippen LogP contribution in [0.15, 0.2) is 54.6 Å². The van der Waals surface area contributed by atoms with E-state index < -0.39 is 0 Å². The first-order valence-corrected chi connectivity index (χ1v) is 10.5. The average molecular weight is 380 g/mol. The van der Waals surface area contributed by atoms with Crippen LogP contribution >= 0.6 is 0 Å². The Morgan fingerprint density at radius 3 is 2.25 bits per heavy atom. The normalized spacial score (nSPS) is 17.5. The molecule has 0 saturated carbocycles. The van der Waals surface area contributed by atoms with Gasteiger partial charge in [-0.2, -0.15) is 0 Å². The number of amides is 1. The molecule has 0 aromatic heterocycles. The quantitative estimate of drug-likeness (QED) is 0.764. The van der Waals surface area contributed by atoms with Crippen LogP contribution in [0.4, 0.5) is 0 Å². The van der Waals surface area contributed by atoms with Gasteiger partial charge < -0.3 is 11.1 Å². The van der Waals surface area contributed by atoms with E-state index in [-0.39, 0.29) is 17.9 Å². The molecule has 0 aliphatic carbocycles. The summed E-state index contributed by atoms with van der Waals surface area (Å²) in [5.41, 5.74) is 9.81. The van der Waals surface area contributed by atoms with Gasteiger partial charge >= 0.3 is 0 Å². The van der Waals surface area contributed by atoms with E-state index in [1.807, 2.05) is 43.3 Å². The number of rotatable bonds is 7. The highest BCUT2D eigenvalue weighted by Gasteiger charge is 2.22. The third-order valence-electron chi connectivity index (χ3n) is 5.80. The number of nitrogens with two attached hydrogens (primary N) is 1. The van der Waals surface area contributed by atoms with Gasteiger partial charge in [0.25, 0.3) is 0 Å². The second-order valence-electron chi connectivity index (χ2n) is 7.90. The Labute approximate surface area is 169 Å². The fourth-order valence-corrected chi connectivity index (χ4v) is 3.89. The summed E-state index contributed by atoms with van der Waals surface area (Å²) >= 11 is 0. The first-order chi connectivity index (χ1) is 13.6. The minimum absolute atomic E-state index is 0.000860. The van der Waals surface area contributed by atoms with E-state index in [9.17, 15) is 4.79 Å². The van der Waals surface area contributed by atoms with Gasteiger partial charge in [-0.15, -0.1) is 0 Å². The van der Waals surface area contributed by atoms with E-state index in [4.69, 9.17) is 5.73 Å². The highest BCUT2D eigenvalue weighted by atomic mass is 16.1. The van der Waals surface area contributed by atoms with Crippen LogP contribution in [0, 0.1) is 5.92 Å². The standard InChI is InChI=1S/C24H33N3O/c1-19(23(25)20-11-5-4-6-12-20)24(28)26-17-21-13-7-8-14-22(21)18-27-15-9-2-3-10-16-27/h4-8,11-14,19,23H,2-3,9-10,15-18,25H2,1H3,(H,26,28). The predicted octanol–water partition coefficient (Wildman–Crippen LogP) is 4.01. The zero-order valence-corrected chi connectivity index (χ0v) is 16.9. The molecule has 1 fully saturated rings. The second-order valence-corrected chi connectivity index (χ2v) is 7.90. The van der Waals surface area contributed by atoms with Gasteiger partial charge in [0.05, 0.1) is 5.92 Å². The van der Waals surface area contributed by atoms with E-state index in [0.717, 1.165) is 12.1 Å². The zero-order valence-electron chi connectivity index (χ0n) is 16.9. The Hall–Kier alpha value is -2.17. The third-order valence-corrected chi connectivity index (χ3v) is 5.80. The van der Waals surface area contributed by atoms with Gasteiger partial charge in [-0.25, -0.2) is 0 Å². The Kier molecular flexibility index (Phi) is 7.63. The molecule has 1 aliphatic heterocycles. The zero-order chi connectivity index (χ0) is 19.8. The smallest absolute Gasteiger partial charge is 0.225 e. The van der Waals surface area contributed by atoms with Crippen molar-refractivity contribution in [1.29, 1.82) is 0 Å². The highest BCUT2D eigenvalue weighted by Crippen LogP contribution is 2.20. The van der Waals surface area contributed by atoms with Crippen LogP contribution in [-0.4, -0.2) is 23.9 Å². The summed E-state index contributed by atoms with van der Waals surface area (Å²) < 4.78 is 0. The fourth-order valence-electron chi connectivity index (χ4n) is 3.89. The number of carbonyl (C=O) groups is 1. The summed E-state index contributed by atoms with van der Waals surface area (Å²) in [6, 6.07) is 18.0. The molecule has 2 aromatic rings. The molecule has 3 N–H and O–H groups in total. The van der Waals surface area contributed by atoms with Crippen molar-refractivity contribution >= 4 is 5.91 Å². The van der Waals surface area contributed by atoms with Crippen LogP contribution in [0.1, 0.15) is 55.3 Å². The molecule has 1 amide bonds. The Morgan fingerprint density at radius 2 is 1.57 bits per heavy atom. The van der Waals surface area contributed by atoms with Gasteiger partial charge in [0.15, 0.2) is 0 Å². The van der Waals surface area contributed by atoms with Gasteiger partial charge in [0.2, 0.25) is 5.91 Å². The molecular weight excluding hydrogens is 346 g/mol. The maximum absolute atomic E-state index is 12.7. The fraction of sp³-hybridized carbons (Fsp3) is 0.458. The number of likely N-dealkylation sites (tertiary alicyclic amines) is 1. The summed E-state index contributed by atoms with van der Waals surface area (Å²) in [4.78, 5) is 15.2. The van der Waals surface area contributed by atoms with Gasteiger partial charge in [-0.05, 0) is 42.6 Å². The Bertz CT molecular complexity index is 739. The van der Waals surface area contributed by atoms with Gasteiger partial charge in [-0.3, -0.25) is 9.69 Å². The molecule has 150 valence electrons. The van der Waals surface area contributed by atoms with E-state index in [1.165, 1.54) is 49.9 Å². The first-order valence-electron chi connectivity index (χ1n) is 10.5. The first kappa shape index (κ1) is 20.6. The largest absolute Gasteiger partial charge is 0.352 e. The number of nitrogens with one attached hydrogen (secondary N) is 1. The van der Waals surface area contributed by atoms with Gasteiger partial charge in [0.1, 0.15) is 0 Å². The number of benzene rings is 2. The molecule has 1 saturated heterocycles. The molecule has 4 nitrogen and oxygen atoms in total. The SMILES string of the molecule is CC(C(=O)NCc1ccccc1CN1CCCCCC1)C(N)c1ccccc1. The topological polar surface area (TPSA) is 58.4 Å². The summed E-state index contributed by atoms with van der Waals surface area (Å²) in [7, 11) is 0. The summed E-state index contributed by atoms with van der Waals surface area (Å²) in [5.74, 6) is -0.277. The molecule has 0 bridgehead atoms. The van der Waals surface area contributed by atoms with Crippen molar-refractivity contribution in [3.8, 4) is 0 Å². The Morgan fingerprint density at radius 1 is 0.964 bits per heavy atom. The molecule has 1 aliphatic rings. The number of nitrogens with zero attached hydrogens (tertiary/aromatic N) is 1. The van der Waals surface area contributed by atoms with Crippen molar-refractivity contribution in [3.05, 3.63) is 71.3 Å². The van der Waals surface area contributed by atoms with E-state index in [0.29, 0.717) is 6.54 Å². The number of hydrogen-bond donors (Lipinski definition) is 2. The molecule has 4 heteroatoms. The van der Waals surface area contributed by atoms with E-state index >= 15 is 0 Å². The van der Waals surface area contributed by atoms with Crippen molar-refractivity contribution in [2.75, 3.05) is 13.1 Å². The molecule has 0 spiro atoms. The molecule has 2 aromatic carbocycles. The minimum Gasteiger partial charge on any atom is -0.352 e. The summed E-state index contributed by atoms with van der Waals surface area (Å²) in [5, 5.41) is 3.10. The van der Waals surface area contributed by atoms with Crippen molar-refractivity contribution in [2.45, 2.75) is 51.7 Å². The monoisotopic (exact) mass is 379 g/mol. The van der Waals surface area contributed by atoms with Crippen molar-refractivity contribution in [1.82, 2.24) is 10.2 Å². The lowest BCUT2D eigenvalue weighted by molar-refractivity contribution is -0.125. The number of carbonyl (C=O) groups excluding carboxylic acids is 1. The predicted molar refractivity (Wildman–Crippen MR) is 115 cm³/mol. The van der Waals surface area contributed by atoms with Crippen LogP contribution < -0.4 is 11.1 Å². The minimum atomic E-state index is -0.298. The second kappa shape index (κ2) is 10.4. The lowest BCUT2D eigenvalue weighted by Gasteiger charge is -2.23. The van der Waals surface area contributed by atoms with E-state index in [1.54, 1.807) is 0 Å². The highest BCUT2D eigenvalue weighted by molar-refractivity contribution is 5.79. The molecular formula is C24H33N3O. The van der Waals surface area contributed by atoms with Crippen LogP contribution in [0.25, 0.3) is 0 Å². The van der Waals surface area contributed by atoms with Crippen LogP contribution in [0.2, 0.25) is 0 Å². The molecule has 3 rings (SSSR count). The van der Waals surface area contributed by atoms with Crippen LogP contribution in [-0.2, 0) is 17.9 Å². The number of hydrogen-bond acceptors (Lipinski definition) is 3. The third kappa shape index (κ3) is 5.66. The van der Waals surface area contributed by atoms with Crippen LogP contribution in [0.3, 0.4) is 0 Å². The Balaban J connectivity index is 1.58. The van der Waals surface area contributed by atoms with Gasteiger partial charge in [0, 0.05) is 19.1 Å². The molecule has 2 unspecified atom stereocenters.